The van der Waals surface area contributed by atoms with Gasteiger partial charge in [0.1, 0.15) is 6.17 Å². The van der Waals surface area contributed by atoms with Crippen LogP contribution in [0.1, 0.15) is 12.8 Å². The SMILES string of the molecule is F[C@H]1CCCN(C2COC2)C1. The van der Waals surface area contributed by atoms with Crippen molar-refractivity contribution >= 4 is 0 Å². The molecule has 64 valence electrons. The summed E-state index contributed by atoms with van der Waals surface area (Å²) in [6.45, 7) is 3.32. The van der Waals surface area contributed by atoms with Crippen molar-refractivity contribution in [1.82, 2.24) is 4.90 Å². The zero-order valence-corrected chi connectivity index (χ0v) is 6.63. The van der Waals surface area contributed by atoms with E-state index < -0.39 is 6.17 Å². The molecule has 0 unspecified atom stereocenters. The number of piperidine rings is 1. The third-order valence-corrected chi connectivity index (χ3v) is 2.53. The van der Waals surface area contributed by atoms with Crippen LogP contribution >= 0.6 is 0 Å². The van der Waals surface area contributed by atoms with Gasteiger partial charge >= 0.3 is 0 Å². The fourth-order valence-electron chi connectivity index (χ4n) is 1.72. The van der Waals surface area contributed by atoms with Crippen LogP contribution in [-0.2, 0) is 4.74 Å². The Kier molecular flexibility index (Phi) is 2.09. The van der Waals surface area contributed by atoms with E-state index in [1.165, 1.54) is 0 Å². The first-order chi connectivity index (χ1) is 5.36. The molecule has 1 atom stereocenters. The van der Waals surface area contributed by atoms with Gasteiger partial charge in [-0.05, 0) is 19.4 Å². The second-order valence-corrected chi connectivity index (χ2v) is 3.43. The fourth-order valence-corrected chi connectivity index (χ4v) is 1.72. The number of hydrogen-bond donors (Lipinski definition) is 0. The summed E-state index contributed by atoms with van der Waals surface area (Å²) in [5, 5.41) is 0. The molecule has 2 aliphatic heterocycles. The lowest BCUT2D eigenvalue weighted by Gasteiger charge is -2.40. The van der Waals surface area contributed by atoms with Crippen LogP contribution in [-0.4, -0.2) is 43.4 Å². The summed E-state index contributed by atoms with van der Waals surface area (Å²) in [5.41, 5.74) is 0. The summed E-state index contributed by atoms with van der Waals surface area (Å²) in [4.78, 5) is 2.22. The predicted octanol–water partition coefficient (Wildman–Crippen LogP) is 0.819. The van der Waals surface area contributed by atoms with E-state index in [2.05, 4.69) is 4.90 Å². The molecule has 0 aliphatic carbocycles. The lowest BCUT2D eigenvalue weighted by atomic mass is 10.1. The van der Waals surface area contributed by atoms with E-state index in [4.69, 9.17) is 4.74 Å². The quantitative estimate of drug-likeness (QED) is 0.561. The van der Waals surface area contributed by atoms with Gasteiger partial charge in [0.2, 0.25) is 0 Å². The molecule has 0 bridgehead atoms. The summed E-state index contributed by atoms with van der Waals surface area (Å²) in [7, 11) is 0. The lowest BCUT2D eigenvalue weighted by molar-refractivity contribution is -0.0780. The molecule has 0 N–H and O–H groups in total. The second-order valence-electron chi connectivity index (χ2n) is 3.43. The van der Waals surface area contributed by atoms with Crippen LogP contribution in [0.2, 0.25) is 0 Å². The van der Waals surface area contributed by atoms with E-state index in [0.29, 0.717) is 12.6 Å². The van der Waals surface area contributed by atoms with Gasteiger partial charge < -0.3 is 4.74 Å². The van der Waals surface area contributed by atoms with E-state index >= 15 is 0 Å². The van der Waals surface area contributed by atoms with Crippen molar-refractivity contribution in [2.45, 2.75) is 25.1 Å². The Labute approximate surface area is 66.3 Å². The number of hydrogen-bond acceptors (Lipinski definition) is 2. The Morgan fingerprint density at radius 1 is 1.36 bits per heavy atom. The molecule has 0 radical (unpaired) electrons. The van der Waals surface area contributed by atoms with Gasteiger partial charge in [-0.3, -0.25) is 4.90 Å². The molecule has 2 heterocycles. The molecule has 0 amide bonds. The van der Waals surface area contributed by atoms with Crippen molar-refractivity contribution in [3.63, 3.8) is 0 Å². The third-order valence-electron chi connectivity index (χ3n) is 2.53. The molecule has 0 saturated carbocycles. The van der Waals surface area contributed by atoms with Gasteiger partial charge in [0.15, 0.2) is 0 Å². The monoisotopic (exact) mass is 159 g/mol. The van der Waals surface area contributed by atoms with Gasteiger partial charge in [-0.15, -0.1) is 0 Å². The van der Waals surface area contributed by atoms with Crippen molar-refractivity contribution in [3.8, 4) is 0 Å². The Hall–Kier alpha value is -0.150. The average Bonchev–Trinajstić information content (AvgIpc) is 1.83. The Balaban J connectivity index is 1.82. The topological polar surface area (TPSA) is 12.5 Å². The summed E-state index contributed by atoms with van der Waals surface area (Å²) in [5.74, 6) is 0. The van der Waals surface area contributed by atoms with Crippen molar-refractivity contribution in [3.05, 3.63) is 0 Å². The van der Waals surface area contributed by atoms with Gasteiger partial charge in [-0.25, -0.2) is 4.39 Å². The van der Waals surface area contributed by atoms with Crippen molar-refractivity contribution in [2.24, 2.45) is 0 Å². The zero-order valence-electron chi connectivity index (χ0n) is 6.63. The maximum atomic E-state index is 12.9. The van der Waals surface area contributed by atoms with Gasteiger partial charge in [-0.2, -0.15) is 0 Å². The van der Waals surface area contributed by atoms with Crippen molar-refractivity contribution in [2.75, 3.05) is 26.3 Å². The highest BCUT2D eigenvalue weighted by Crippen LogP contribution is 2.18. The first-order valence-electron chi connectivity index (χ1n) is 4.32. The zero-order chi connectivity index (χ0) is 7.68. The maximum absolute atomic E-state index is 12.9. The molecule has 2 nitrogen and oxygen atoms in total. The third kappa shape index (κ3) is 1.54. The van der Waals surface area contributed by atoms with Crippen LogP contribution < -0.4 is 0 Å². The minimum Gasteiger partial charge on any atom is -0.378 e. The molecule has 0 spiro atoms. The minimum absolute atomic E-state index is 0.522. The Morgan fingerprint density at radius 2 is 2.18 bits per heavy atom. The van der Waals surface area contributed by atoms with Crippen LogP contribution in [0.4, 0.5) is 4.39 Å². The molecule has 2 aliphatic rings. The smallest absolute Gasteiger partial charge is 0.113 e. The molecule has 0 aromatic carbocycles. The standard InChI is InChI=1S/C8H14FNO/c9-7-2-1-3-10(4-7)8-5-11-6-8/h7-8H,1-6H2/t7-/m0/s1. The summed E-state index contributed by atoms with van der Waals surface area (Å²) in [6, 6.07) is 0.522. The number of alkyl halides is 1. The van der Waals surface area contributed by atoms with Crippen molar-refractivity contribution in [1.29, 1.82) is 0 Å². The van der Waals surface area contributed by atoms with Crippen LogP contribution in [0.3, 0.4) is 0 Å². The number of rotatable bonds is 1. The van der Waals surface area contributed by atoms with E-state index in [1.807, 2.05) is 0 Å². The molecule has 0 aromatic rings. The summed E-state index contributed by atoms with van der Waals surface area (Å²) >= 11 is 0. The first kappa shape index (κ1) is 7.50. The number of likely N-dealkylation sites (tertiary alicyclic amines) is 1. The highest BCUT2D eigenvalue weighted by Gasteiger charge is 2.29. The second kappa shape index (κ2) is 3.07. The Morgan fingerprint density at radius 3 is 2.73 bits per heavy atom. The molecular weight excluding hydrogens is 145 g/mol. The summed E-state index contributed by atoms with van der Waals surface area (Å²) < 4.78 is 17.9. The highest BCUT2D eigenvalue weighted by atomic mass is 19.1. The number of halogens is 1. The van der Waals surface area contributed by atoms with Crippen LogP contribution in [0, 0.1) is 0 Å². The van der Waals surface area contributed by atoms with E-state index in [0.717, 1.165) is 32.6 Å². The summed E-state index contributed by atoms with van der Waals surface area (Å²) in [6.07, 6.45) is 1.17. The van der Waals surface area contributed by atoms with E-state index in [9.17, 15) is 4.39 Å². The minimum atomic E-state index is -0.593. The van der Waals surface area contributed by atoms with E-state index in [-0.39, 0.29) is 0 Å². The van der Waals surface area contributed by atoms with Gasteiger partial charge in [-0.1, -0.05) is 0 Å². The lowest BCUT2D eigenvalue weighted by Crippen LogP contribution is -2.52. The van der Waals surface area contributed by atoms with Crippen LogP contribution in [0.25, 0.3) is 0 Å². The number of nitrogens with zero attached hydrogens (tertiary/aromatic N) is 1. The molecule has 2 saturated heterocycles. The Bertz CT molecular complexity index is 138. The normalized spacial score (nSPS) is 35.2. The molecule has 0 aromatic heterocycles. The maximum Gasteiger partial charge on any atom is 0.113 e. The van der Waals surface area contributed by atoms with Gasteiger partial charge in [0, 0.05) is 6.54 Å². The largest absolute Gasteiger partial charge is 0.378 e. The van der Waals surface area contributed by atoms with Crippen LogP contribution in [0.15, 0.2) is 0 Å². The number of ether oxygens (including phenoxy) is 1. The van der Waals surface area contributed by atoms with Crippen LogP contribution in [0.5, 0.6) is 0 Å². The fraction of sp³-hybridized carbons (Fsp3) is 1.00. The molecule has 11 heavy (non-hydrogen) atoms. The van der Waals surface area contributed by atoms with Gasteiger partial charge in [0.05, 0.1) is 19.3 Å². The molecular formula is C8H14FNO. The molecule has 2 fully saturated rings. The van der Waals surface area contributed by atoms with E-state index in [1.54, 1.807) is 0 Å². The van der Waals surface area contributed by atoms with Crippen molar-refractivity contribution < 1.29 is 9.13 Å². The van der Waals surface area contributed by atoms with Gasteiger partial charge in [0.25, 0.3) is 0 Å². The molecule has 3 heteroatoms. The average molecular weight is 159 g/mol. The first-order valence-corrected chi connectivity index (χ1v) is 4.32. The predicted molar refractivity (Wildman–Crippen MR) is 40.3 cm³/mol. The molecule has 2 rings (SSSR count). The highest BCUT2D eigenvalue weighted by molar-refractivity contribution is 4.82.